The quantitative estimate of drug-likeness (QED) is 0.869. The van der Waals surface area contributed by atoms with Gasteiger partial charge in [0.15, 0.2) is 5.17 Å². The number of aliphatic imine (C=N–C) groups is 1. The van der Waals surface area contributed by atoms with Crippen molar-refractivity contribution in [3.63, 3.8) is 0 Å². The molecule has 1 saturated carbocycles. The van der Waals surface area contributed by atoms with Crippen molar-refractivity contribution in [3.05, 3.63) is 29.6 Å². The Morgan fingerprint density at radius 3 is 3.00 bits per heavy atom. The van der Waals surface area contributed by atoms with Crippen LogP contribution >= 0.6 is 11.8 Å². The summed E-state index contributed by atoms with van der Waals surface area (Å²) in [6.45, 7) is 2.84. The summed E-state index contributed by atoms with van der Waals surface area (Å²) in [5.41, 5.74) is 1.59. The van der Waals surface area contributed by atoms with E-state index in [0.29, 0.717) is 10.9 Å². The van der Waals surface area contributed by atoms with Crippen molar-refractivity contribution in [2.45, 2.75) is 25.0 Å². The number of nitrogens with zero attached hydrogens (tertiary/aromatic N) is 1. The van der Waals surface area contributed by atoms with E-state index >= 15 is 0 Å². The number of hydrogen-bond donors (Lipinski definition) is 1. The smallest absolute Gasteiger partial charge is 0.161 e. The predicted molar refractivity (Wildman–Crippen MR) is 71.2 cm³/mol. The Morgan fingerprint density at radius 2 is 2.24 bits per heavy atom. The highest BCUT2D eigenvalue weighted by Gasteiger charge is 2.35. The molecule has 1 aliphatic carbocycles. The molecule has 0 spiro atoms. The molecule has 1 heterocycles. The fourth-order valence-electron chi connectivity index (χ4n) is 2.02. The van der Waals surface area contributed by atoms with Crippen LogP contribution in [0, 0.1) is 18.7 Å². The zero-order valence-electron chi connectivity index (χ0n) is 9.74. The van der Waals surface area contributed by atoms with E-state index < -0.39 is 0 Å². The van der Waals surface area contributed by atoms with Crippen molar-refractivity contribution in [2.75, 3.05) is 11.9 Å². The summed E-state index contributed by atoms with van der Waals surface area (Å²) >= 11 is 1.76. The van der Waals surface area contributed by atoms with Gasteiger partial charge in [-0.1, -0.05) is 17.8 Å². The number of halogens is 1. The molecule has 2 aliphatic rings. The zero-order chi connectivity index (χ0) is 11.8. The molecule has 1 N–H and O–H groups in total. The second-order valence-corrected chi connectivity index (χ2v) is 5.98. The Kier molecular flexibility index (Phi) is 2.82. The third kappa shape index (κ3) is 2.46. The molecule has 0 amide bonds. The van der Waals surface area contributed by atoms with Gasteiger partial charge in [-0.25, -0.2) is 4.39 Å². The third-order valence-corrected chi connectivity index (χ3v) is 4.48. The number of rotatable bonds is 2. The van der Waals surface area contributed by atoms with Gasteiger partial charge in [-0.15, -0.1) is 0 Å². The van der Waals surface area contributed by atoms with E-state index in [1.807, 2.05) is 13.0 Å². The Bertz CT molecular complexity index is 468. The van der Waals surface area contributed by atoms with Gasteiger partial charge < -0.3 is 5.32 Å². The van der Waals surface area contributed by atoms with E-state index in [4.69, 9.17) is 0 Å². The van der Waals surface area contributed by atoms with Gasteiger partial charge in [-0.05, 0) is 43.4 Å². The first-order valence-electron chi connectivity index (χ1n) is 5.96. The van der Waals surface area contributed by atoms with E-state index in [2.05, 4.69) is 10.3 Å². The standard InChI is InChI=1S/C13H15FN2S/c1-8-2-5-10(14)11(6-8)16-13-15-7-12(17-13)9-3-4-9/h2,5-6,9,12H,3-4,7H2,1H3,(H,15,16). The minimum absolute atomic E-state index is 0.214. The highest BCUT2D eigenvalue weighted by molar-refractivity contribution is 8.15. The molecule has 0 saturated heterocycles. The van der Waals surface area contributed by atoms with Gasteiger partial charge in [0.25, 0.3) is 0 Å². The molecule has 3 rings (SSSR count). The Balaban J connectivity index is 1.68. The molecule has 0 bridgehead atoms. The minimum Gasteiger partial charge on any atom is -0.333 e. The summed E-state index contributed by atoms with van der Waals surface area (Å²) < 4.78 is 13.6. The molecule has 0 radical (unpaired) electrons. The van der Waals surface area contributed by atoms with Crippen LogP contribution in [0.5, 0.6) is 0 Å². The van der Waals surface area contributed by atoms with Crippen LogP contribution in [0.2, 0.25) is 0 Å². The van der Waals surface area contributed by atoms with Crippen LogP contribution in [-0.2, 0) is 0 Å². The van der Waals surface area contributed by atoms with Crippen molar-refractivity contribution in [1.29, 1.82) is 0 Å². The first kappa shape index (κ1) is 11.1. The van der Waals surface area contributed by atoms with Crippen molar-refractivity contribution in [1.82, 2.24) is 0 Å². The lowest BCUT2D eigenvalue weighted by molar-refractivity contribution is 0.632. The maximum absolute atomic E-state index is 13.6. The van der Waals surface area contributed by atoms with Gasteiger partial charge in [0.1, 0.15) is 5.82 Å². The molecular weight excluding hydrogens is 235 g/mol. The van der Waals surface area contributed by atoms with Crippen molar-refractivity contribution >= 4 is 22.6 Å². The summed E-state index contributed by atoms with van der Waals surface area (Å²) in [5.74, 6) is 0.624. The number of amidine groups is 1. The number of thioether (sulfide) groups is 1. The first-order chi connectivity index (χ1) is 8.22. The van der Waals surface area contributed by atoms with Gasteiger partial charge in [0, 0.05) is 5.25 Å². The molecule has 1 unspecified atom stereocenters. The van der Waals surface area contributed by atoms with Crippen molar-refractivity contribution in [3.8, 4) is 0 Å². The van der Waals surface area contributed by atoms with E-state index in [-0.39, 0.29) is 5.82 Å². The molecule has 1 atom stereocenters. The third-order valence-electron chi connectivity index (χ3n) is 3.19. The van der Waals surface area contributed by atoms with Crippen molar-refractivity contribution < 1.29 is 4.39 Å². The second-order valence-electron chi connectivity index (χ2n) is 4.75. The van der Waals surface area contributed by atoms with Gasteiger partial charge in [-0.3, -0.25) is 4.99 Å². The number of aryl methyl sites for hydroxylation is 1. The van der Waals surface area contributed by atoms with Crippen LogP contribution in [0.15, 0.2) is 23.2 Å². The van der Waals surface area contributed by atoms with Crippen LogP contribution in [-0.4, -0.2) is 17.0 Å². The van der Waals surface area contributed by atoms with Crippen LogP contribution in [0.1, 0.15) is 18.4 Å². The van der Waals surface area contributed by atoms with Gasteiger partial charge in [0.05, 0.1) is 12.2 Å². The molecule has 1 aromatic carbocycles. The van der Waals surface area contributed by atoms with Crippen LogP contribution in [0.3, 0.4) is 0 Å². The average Bonchev–Trinajstić information content (AvgIpc) is 3.05. The zero-order valence-corrected chi connectivity index (χ0v) is 10.6. The Hall–Kier alpha value is -1.03. The topological polar surface area (TPSA) is 24.4 Å². The summed E-state index contributed by atoms with van der Waals surface area (Å²) in [4.78, 5) is 4.45. The van der Waals surface area contributed by atoms with Crippen LogP contribution < -0.4 is 5.32 Å². The molecule has 90 valence electrons. The molecule has 1 fully saturated rings. The predicted octanol–water partition coefficient (Wildman–Crippen LogP) is 3.43. The number of benzene rings is 1. The lowest BCUT2D eigenvalue weighted by Crippen LogP contribution is -2.10. The number of nitrogens with one attached hydrogen (secondary N) is 1. The molecule has 2 nitrogen and oxygen atoms in total. The monoisotopic (exact) mass is 250 g/mol. The molecule has 1 aliphatic heterocycles. The average molecular weight is 250 g/mol. The number of anilines is 1. The van der Waals surface area contributed by atoms with Gasteiger partial charge >= 0.3 is 0 Å². The van der Waals surface area contributed by atoms with Crippen LogP contribution in [0.25, 0.3) is 0 Å². The number of hydrogen-bond acceptors (Lipinski definition) is 3. The fourth-order valence-corrected chi connectivity index (χ4v) is 3.24. The maximum Gasteiger partial charge on any atom is 0.161 e. The van der Waals surface area contributed by atoms with E-state index in [9.17, 15) is 4.39 Å². The highest BCUT2D eigenvalue weighted by Crippen LogP contribution is 2.42. The van der Waals surface area contributed by atoms with E-state index in [1.54, 1.807) is 17.8 Å². The second kappa shape index (κ2) is 4.33. The van der Waals surface area contributed by atoms with E-state index in [1.165, 1.54) is 18.9 Å². The van der Waals surface area contributed by atoms with Crippen LogP contribution in [0.4, 0.5) is 10.1 Å². The van der Waals surface area contributed by atoms with Gasteiger partial charge in [-0.2, -0.15) is 0 Å². The lowest BCUT2D eigenvalue weighted by Gasteiger charge is -2.09. The largest absolute Gasteiger partial charge is 0.333 e. The van der Waals surface area contributed by atoms with Crippen molar-refractivity contribution in [2.24, 2.45) is 10.9 Å². The normalized spacial score (nSPS) is 23.6. The Morgan fingerprint density at radius 1 is 1.41 bits per heavy atom. The molecule has 1 aromatic rings. The molecule has 17 heavy (non-hydrogen) atoms. The first-order valence-corrected chi connectivity index (χ1v) is 6.84. The highest BCUT2D eigenvalue weighted by atomic mass is 32.2. The summed E-state index contributed by atoms with van der Waals surface area (Å²) in [7, 11) is 0. The fraction of sp³-hybridized carbons (Fsp3) is 0.462. The minimum atomic E-state index is -0.214. The molecular formula is C13H15FN2S. The molecule has 4 heteroatoms. The maximum atomic E-state index is 13.6. The summed E-state index contributed by atoms with van der Waals surface area (Å²) in [6.07, 6.45) is 2.67. The molecule has 0 aromatic heterocycles. The Labute approximate surface area is 105 Å². The SMILES string of the molecule is Cc1ccc(F)c(NC2=NCC(C3CC3)S2)c1. The van der Waals surface area contributed by atoms with E-state index in [0.717, 1.165) is 23.2 Å². The summed E-state index contributed by atoms with van der Waals surface area (Å²) in [5, 5.41) is 4.58. The summed E-state index contributed by atoms with van der Waals surface area (Å²) in [6, 6.07) is 5.09. The lowest BCUT2D eigenvalue weighted by atomic mass is 10.2. The van der Waals surface area contributed by atoms with Gasteiger partial charge in [0.2, 0.25) is 0 Å².